The summed E-state index contributed by atoms with van der Waals surface area (Å²) in [6, 6.07) is 12.9. The molecule has 0 radical (unpaired) electrons. The van der Waals surface area contributed by atoms with Gasteiger partial charge < -0.3 is 14.6 Å². The number of carbonyl (C=O) groups is 1. The first-order valence-corrected chi connectivity index (χ1v) is 8.34. The molecular formula is C21H26O4. The Balaban J connectivity index is 2.01. The lowest BCUT2D eigenvalue weighted by atomic mass is 9.83. The van der Waals surface area contributed by atoms with Crippen molar-refractivity contribution in [2.24, 2.45) is 5.41 Å². The molecule has 0 spiro atoms. The topological polar surface area (TPSA) is 55.8 Å². The standard InChI is InChI=1S/C21H26O4/c1-20(2,3)14-21(4,5)25-18-10-6-15(7-11-18)19(23)24-17-12-8-16(22)9-13-17/h6-13,22H,14H2,1-5H3. The SMILES string of the molecule is CC(C)(C)CC(C)(C)Oc1ccc(C(=O)Oc2ccc(O)cc2)cc1. The van der Waals surface area contributed by atoms with Gasteiger partial charge in [-0.25, -0.2) is 4.79 Å². The van der Waals surface area contributed by atoms with Gasteiger partial charge in [0.15, 0.2) is 0 Å². The molecule has 2 aromatic carbocycles. The summed E-state index contributed by atoms with van der Waals surface area (Å²) in [4.78, 5) is 12.2. The van der Waals surface area contributed by atoms with Gasteiger partial charge in [0.2, 0.25) is 0 Å². The minimum absolute atomic E-state index is 0.124. The number of phenolic OH excluding ortho intramolecular Hbond substituents is 1. The van der Waals surface area contributed by atoms with Crippen molar-refractivity contribution in [1.82, 2.24) is 0 Å². The Morgan fingerprint density at radius 3 is 1.92 bits per heavy atom. The van der Waals surface area contributed by atoms with Crippen LogP contribution >= 0.6 is 0 Å². The third-order valence-corrected chi connectivity index (χ3v) is 3.49. The first kappa shape index (κ1) is 18.8. The third-order valence-electron chi connectivity index (χ3n) is 3.49. The van der Waals surface area contributed by atoms with E-state index in [1.807, 2.05) is 0 Å². The smallest absolute Gasteiger partial charge is 0.343 e. The van der Waals surface area contributed by atoms with Crippen LogP contribution in [0.2, 0.25) is 0 Å². The van der Waals surface area contributed by atoms with Crippen LogP contribution < -0.4 is 9.47 Å². The summed E-state index contributed by atoms with van der Waals surface area (Å²) in [5.74, 6) is 0.773. The van der Waals surface area contributed by atoms with E-state index in [-0.39, 0.29) is 16.8 Å². The maximum Gasteiger partial charge on any atom is 0.343 e. The molecule has 134 valence electrons. The maximum absolute atomic E-state index is 12.2. The van der Waals surface area contributed by atoms with Gasteiger partial charge in [-0.05, 0) is 74.2 Å². The van der Waals surface area contributed by atoms with Crippen molar-refractivity contribution in [3.63, 3.8) is 0 Å². The van der Waals surface area contributed by atoms with Crippen molar-refractivity contribution in [3.05, 3.63) is 54.1 Å². The number of aromatic hydroxyl groups is 1. The van der Waals surface area contributed by atoms with Crippen molar-refractivity contribution >= 4 is 5.97 Å². The normalized spacial score (nSPS) is 11.9. The zero-order valence-electron chi connectivity index (χ0n) is 15.5. The summed E-state index contributed by atoms with van der Waals surface area (Å²) in [5.41, 5.74) is 0.304. The van der Waals surface area contributed by atoms with Gasteiger partial charge in [-0.15, -0.1) is 0 Å². The maximum atomic E-state index is 12.2. The molecule has 0 aliphatic heterocycles. The molecule has 0 fully saturated rings. The van der Waals surface area contributed by atoms with Gasteiger partial charge in [0.25, 0.3) is 0 Å². The van der Waals surface area contributed by atoms with Gasteiger partial charge in [-0.3, -0.25) is 0 Å². The average molecular weight is 342 g/mol. The van der Waals surface area contributed by atoms with E-state index in [9.17, 15) is 9.90 Å². The molecule has 0 saturated carbocycles. The van der Waals surface area contributed by atoms with Gasteiger partial charge in [-0.1, -0.05) is 20.8 Å². The van der Waals surface area contributed by atoms with E-state index in [1.54, 1.807) is 36.4 Å². The molecule has 0 aromatic heterocycles. The highest BCUT2D eigenvalue weighted by Gasteiger charge is 2.27. The van der Waals surface area contributed by atoms with Crippen molar-refractivity contribution in [1.29, 1.82) is 0 Å². The number of rotatable bonds is 5. The summed E-state index contributed by atoms with van der Waals surface area (Å²) in [5, 5.41) is 9.25. The Kier molecular flexibility index (Phi) is 5.41. The predicted molar refractivity (Wildman–Crippen MR) is 98.3 cm³/mol. The molecule has 1 N–H and O–H groups in total. The molecule has 0 bridgehead atoms. The first-order valence-electron chi connectivity index (χ1n) is 8.34. The minimum Gasteiger partial charge on any atom is -0.508 e. The van der Waals surface area contributed by atoms with Gasteiger partial charge >= 0.3 is 5.97 Å². The lowest BCUT2D eigenvalue weighted by Gasteiger charge is -2.33. The molecule has 2 aromatic rings. The Hall–Kier alpha value is -2.49. The van der Waals surface area contributed by atoms with Crippen molar-refractivity contribution < 1.29 is 19.4 Å². The van der Waals surface area contributed by atoms with Crippen LogP contribution in [-0.4, -0.2) is 16.7 Å². The molecule has 0 atom stereocenters. The lowest BCUT2D eigenvalue weighted by Crippen LogP contribution is -2.33. The number of hydrogen-bond donors (Lipinski definition) is 1. The molecular weight excluding hydrogens is 316 g/mol. The second-order valence-corrected chi connectivity index (χ2v) is 8.01. The Bertz CT molecular complexity index is 707. The number of ether oxygens (including phenoxy) is 2. The number of esters is 1. The molecule has 4 nitrogen and oxygen atoms in total. The van der Waals surface area contributed by atoms with E-state index in [0.717, 1.165) is 12.2 Å². The van der Waals surface area contributed by atoms with E-state index in [2.05, 4.69) is 34.6 Å². The van der Waals surface area contributed by atoms with E-state index >= 15 is 0 Å². The molecule has 0 heterocycles. The molecule has 0 amide bonds. The van der Waals surface area contributed by atoms with E-state index in [0.29, 0.717) is 11.3 Å². The second kappa shape index (κ2) is 7.18. The van der Waals surface area contributed by atoms with Crippen LogP contribution in [0.4, 0.5) is 0 Å². The van der Waals surface area contributed by atoms with Crippen LogP contribution in [0, 0.1) is 5.41 Å². The molecule has 0 aliphatic rings. The summed E-state index contributed by atoms with van der Waals surface area (Å²) in [7, 11) is 0. The van der Waals surface area contributed by atoms with Crippen molar-refractivity contribution in [2.45, 2.75) is 46.6 Å². The van der Waals surface area contributed by atoms with Crippen LogP contribution in [0.3, 0.4) is 0 Å². The minimum atomic E-state index is -0.453. The number of phenols is 1. The molecule has 0 unspecified atom stereocenters. The molecule has 4 heteroatoms. The highest BCUT2D eigenvalue weighted by Crippen LogP contribution is 2.31. The highest BCUT2D eigenvalue weighted by molar-refractivity contribution is 5.91. The predicted octanol–water partition coefficient (Wildman–Crippen LogP) is 5.21. The van der Waals surface area contributed by atoms with Gasteiger partial charge in [0.05, 0.1) is 5.56 Å². The van der Waals surface area contributed by atoms with Gasteiger partial charge in [0, 0.05) is 0 Å². The number of benzene rings is 2. The van der Waals surface area contributed by atoms with Gasteiger partial charge in [0.1, 0.15) is 22.8 Å². The van der Waals surface area contributed by atoms with Crippen LogP contribution in [0.5, 0.6) is 17.2 Å². The Labute approximate surface area is 149 Å². The van der Waals surface area contributed by atoms with Crippen molar-refractivity contribution in [3.8, 4) is 17.2 Å². The fourth-order valence-electron chi connectivity index (χ4n) is 2.97. The molecule has 2 rings (SSSR count). The fraction of sp³-hybridized carbons (Fsp3) is 0.381. The summed E-state index contributed by atoms with van der Waals surface area (Å²) >= 11 is 0. The van der Waals surface area contributed by atoms with Crippen LogP contribution in [0.15, 0.2) is 48.5 Å². The summed E-state index contributed by atoms with van der Waals surface area (Å²) in [6.07, 6.45) is 0.907. The Morgan fingerprint density at radius 1 is 0.880 bits per heavy atom. The van der Waals surface area contributed by atoms with Crippen LogP contribution in [0.1, 0.15) is 51.4 Å². The monoisotopic (exact) mass is 342 g/mol. The summed E-state index contributed by atoms with van der Waals surface area (Å²) in [6.45, 7) is 10.7. The second-order valence-electron chi connectivity index (χ2n) is 8.01. The number of carbonyl (C=O) groups excluding carboxylic acids is 1. The number of hydrogen-bond acceptors (Lipinski definition) is 4. The zero-order chi connectivity index (χ0) is 18.7. The van der Waals surface area contributed by atoms with Gasteiger partial charge in [-0.2, -0.15) is 0 Å². The Morgan fingerprint density at radius 2 is 1.40 bits per heavy atom. The lowest BCUT2D eigenvalue weighted by molar-refractivity contribution is 0.0622. The third kappa shape index (κ3) is 6.14. The van der Waals surface area contributed by atoms with Crippen LogP contribution in [-0.2, 0) is 0 Å². The van der Waals surface area contributed by atoms with E-state index in [1.165, 1.54) is 12.1 Å². The fourth-order valence-corrected chi connectivity index (χ4v) is 2.97. The van der Waals surface area contributed by atoms with Crippen LogP contribution in [0.25, 0.3) is 0 Å². The summed E-state index contributed by atoms with van der Waals surface area (Å²) < 4.78 is 11.3. The first-order chi connectivity index (χ1) is 11.5. The molecule has 25 heavy (non-hydrogen) atoms. The average Bonchev–Trinajstić information content (AvgIpc) is 2.47. The highest BCUT2D eigenvalue weighted by atomic mass is 16.5. The zero-order valence-corrected chi connectivity index (χ0v) is 15.5. The molecule has 0 saturated heterocycles. The quantitative estimate of drug-likeness (QED) is 0.599. The largest absolute Gasteiger partial charge is 0.508 e. The molecule has 0 aliphatic carbocycles. The van der Waals surface area contributed by atoms with E-state index < -0.39 is 5.97 Å². The van der Waals surface area contributed by atoms with Crippen molar-refractivity contribution in [2.75, 3.05) is 0 Å². The van der Waals surface area contributed by atoms with E-state index in [4.69, 9.17) is 9.47 Å².